The average molecular weight is 315 g/mol. The van der Waals surface area contributed by atoms with E-state index in [0.717, 1.165) is 26.2 Å². The van der Waals surface area contributed by atoms with E-state index in [2.05, 4.69) is 53.2 Å². The Morgan fingerprint density at radius 2 is 2.09 bits per heavy atom. The maximum Gasteiger partial charge on any atom is 0.237 e. The lowest BCUT2D eigenvalue weighted by Crippen LogP contribution is -2.54. The van der Waals surface area contributed by atoms with Crippen molar-refractivity contribution >= 4 is 5.91 Å². The van der Waals surface area contributed by atoms with E-state index in [1.165, 1.54) is 18.4 Å². The number of nitrogens with zero attached hydrogens (tertiary/aromatic N) is 2. The minimum atomic E-state index is 0.280. The summed E-state index contributed by atoms with van der Waals surface area (Å²) in [6.07, 6.45) is 2.54. The molecule has 0 radical (unpaired) electrons. The Morgan fingerprint density at radius 1 is 1.35 bits per heavy atom. The SMILES string of the molecule is CC(C1CC1)N(Cc1ccccc1)C(=O)CN1CCNC[C@H]1C. The number of carbonyl (C=O) groups is 1. The molecule has 0 bridgehead atoms. The molecular weight excluding hydrogens is 286 g/mol. The van der Waals surface area contributed by atoms with Gasteiger partial charge in [-0.25, -0.2) is 0 Å². The average Bonchev–Trinajstić information content (AvgIpc) is 3.40. The first-order valence-electron chi connectivity index (χ1n) is 8.93. The van der Waals surface area contributed by atoms with Gasteiger partial charge in [-0.05, 0) is 38.2 Å². The summed E-state index contributed by atoms with van der Waals surface area (Å²) in [5.41, 5.74) is 1.22. The monoisotopic (exact) mass is 315 g/mol. The first kappa shape index (κ1) is 16.5. The zero-order valence-corrected chi connectivity index (χ0v) is 14.4. The first-order valence-corrected chi connectivity index (χ1v) is 8.93. The predicted molar refractivity (Wildman–Crippen MR) is 93.1 cm³/mol. The van der Waals surface area contributed by atoms with Gasteiger partial charge in [0.05, 0.1) is 6.54 Å². The second-order valence-electron chi connectivity index (χ2n) is 7.11. The molecule has 23 heavy (non-hydrogen) atoms. The van der Waals surface area contributed by atoms with E-state index in [0.29, 0.717) is 24.5 Å². The molecule has 0 spiro atoms. The molecule has 1 heterocycles. The zero-order chi connectivity index (χ0) is 16.2. The largest absolute Gasteiger partial charge is 0.334 e. The zero-order valence-electron chi connectivity index (χ0n) is 14.4. The van der Waals surface area contributed by atoms with Crippen molar-refractivity contribution in [1.29, 1.82) is 0 Å². The van der Waals surface area contributed by atoms with Gasteiger partial charge in [0.15, 0.2) is 0 Å². The van der Waals surface area contributed by atoms with Crippen LogP contribution in [0.5, 0.6) is 0 Å². The first-order chi connectivity index (χ1) is 11.1. The standard InChI is InChI=1S/C19H29N3O/c1-15-12-20-10-11-21(15)14-19(23)22(16(2)18-8-9-18)13-17-6-4-3-5-7-17/h3-7,15-16,18,20H,8-14H2,1-2H3/t15-,16?/m1/s1. The van der Waals surface area contributed by atoms with Crippen molar-refractivity contribution in [3.8, 4) is 0 Å². The van der Waals surface area contributed by atoms with E-state index < -0.39 is 0 Å². The molecule has 1 aromatic rings. The summed E-state index contributed by atoms with van der Waals surface area (Å²) in [6, 6.07) is 11.2. The highest BCUT2D eigenvalue weighted by atomic mass is 16.2. The van der Waals surface area contributed by atoms with Crippen molar-refractivity contribution in [1.82, 2.24) is 15.1 Å². The van der Waals surface area contributed by atoms with Gasteiger partial charge in [-0.3, -0.25) is 9.69 Å². The molecule has 1 aliphatic carbocycles. The third kappa shape index (κ3) is 4.33. The molecular formula is C19H29N3O. The van der Waals surface area contributed by atoms with Crippen molar-refractivity contribution in [3.63, 3.8) is 0 Å². The quantitative estimate of drug-likeness (QED) is 0.873. The van der Waals surface area contributed by atoms with E-state index in [1.807, 2.05) is 6.07 Å². The highest BCUT2D eigenvalue weighted by Crippen LogP contribution is 2.35. The Morgan fingerprint density at radius 3 is 2.74 bits per heavy atom. The lowest BCUT2D eigenvalue weighted by molar-refractivity contribution is -0.136. The number of hydrogen-bond acceptors (Lipinski definition) is 3. The summed E-state index contributed by atoms with van der Waals surface area (Å²) in [6.45, 7) is 8.62. The van der Waals surface area contributed by atoms with Crippen molar-refractivity contribution in [2.45, 2.75) is 45.3 Å². The van der Waals surface area contributed by atoms with Gasteiger partial charge in [-0.1, -0.05) is 30.3 Å². The fourth-order valence-corrected chi connectivity index (χ4v) is 3.46. The van der Waals surface area contributed by atoms with Crippen molar-refractivity contribution in [2.24, 2.45) is 5.92 Å². The topological polar surface area (TPSA) is 35.6 Å². The molecule has 2 fully saturated rings. The van der Waals surface area contributed by atoms with Crippen LogP contribution in [0.3, 0.4) is 0 Å². The number of amides is 1. The second kappa shape index (κ2) is 7.45. The lowest BCUT2D eigenvalue weighted by Gasteiger charge is -2.36. The van der Waals surface area contributed by atoms with E-state index in [4.69, 9.17) is 0 Å². The highest BCUT2D eigenvalue weighted by molar-refractivity contribution is 5.78. The Balaban J connectivity index is 1.67. The van der Waals surface area contributed by atoms with Crippen LogP contribution < -0.4 is 5.32 Å². The Kier molecular flexibility index (Phi) is 5.34. The van der Waals surface area contributed by atoms with Crippen LogP contribution in [0.25, 0.3) is 0 Å². The highest BCUT2D eigenvalue weighted by Gasteiger charge is 2.35. The second-order valence-corrected chi connectivity index (χ2v) is 7.11. The fourth-order valence-electron chi connectivity index (χ4n) is 3.46. The molecule has 1 saturated carbocycles. The molecule has 4 nitrogen and oxygen atoms in total. The van der Waals surface area contributed by atoms with Crippen LogP contribution in [0, 0.1) is 5.92 Å². The number of rotatable bonds is 6. The summed E-state index contributed by atoms with van der Waals surface area (Å²) < 4.78 is 0. The minimum absolute atomic E-state index is 0.280. The molecule has 1 amide bonds. The van der Waals surface area contributed by atoms with Gasteiger partial charge < -0.3 is 10.2 Å². The number of hydrogen-bond donors (Lipinski definition) is 1. The normalized spacial score (nSPS) is 23.5. The Labute approximate surface area is 139 Å². The Hall–Kier alpha value is -1.39. The Bertz CT molecular complexity index is 515. The number of carbonyl (C=O) groups excluding carboxylic acids is 1. The number of nitrogens with one attached hydrogen (secondary N) is 1. The van der Waals surface area contributed by atoms with Gasteiger partial charge in [-0.15, -0.1) is 0 Å². The van der Waals surface area contributed by atoms with E-state index in [-0.39, 0.29) is 5.91 Å². The van der Waals surface area contributed by atoms with Crippen LogP contribution in [0.1, 0.15) is 32.3 Å². The summed E-state index contributed by atoms with van der Waals surface area (Å²) in [5.74, 6) is 0.977. The van der Waals surface area contributed by atoms with E-state index >= 15 is 0 Å². The minimum Gasteiger partial charge on any atom is -0.334 e. The summed E-state index contributed by atoms with van der Waals surface area (Å²) in [5, 5.41) is 3.39. The van der Waals surface area contributed by atoms with Gasteiger partial charge in [0.25, 0.3) is 0 Å². The maximum atomic E-state index is 13.0. The predicted octanol–water partition coefficient (Wildman–Crippen LogP) is 2.11. The summed E-state index contributed by atoms with van der Waals surface area (Å²) in [7, 11) is 0. The summed E-state index contributed by atoms with van der Waals surface area (Å²) in [4.78, 5) is 17.4. The van der Waals surface area contributed by atoms with Crippen molar-refractivity contribution in [2.75, 3.05) is 26.2 Å². The van der Waals surface area contributed by atoms with Crippen LogP contribution in [0.15, 0.2) is 30.3 Å². The fraction of sp³-hybridized carbons (Fsp3) is 0.632. The maximum absolute atomic E-state index is 13.0. The summed E-state index contributed by atoms with van der Waals surface area (Å²) >= 11 is 0. The molecule has 2 aliphatic rings. The molecule has 3 rings (SSSR count). The molecule has 2 atom stereocenters. The van der Waals surface area contributed by atoms with Crippen LogP contribution >= 0.6 is 0 Å². The number of piperazine rings is 1. The lowest BCUT2D eigenvalue weighted by atomic mass is 10.1. The van der Waals surface area contributed by atoms with Gasteiger partial charge in [0.1, 0.15) is 0 Å². The van der Waals surface area contributed by atoms with Crippen LogP contribution in [0.4, 0.5) is 0 Å². The molecule has 1 aliphatic heterocycles. The van der Waals surface area contributed by atoms with Crippen LogP contribution in [-0.4, -0.2) is 54.0 Å². The van der Waals surface area contributed by atoms with Crippen LogP contribution in [-0.2, 0) is 11.3 Å². The molecule has 0 aromatic heterocycles. The van der Waals surface area contributed by atoms with E-state index in [1.54, 1.807) is 0 Å². The van der Waals surface area contributed by atoms with Gasteiger partial charge in [0, 0.05) is 38.3 Å². The van der Waals surface area contributed by atoms with E-state index in [9.17, 15) is 4.79 Å². The molecule has 4 heteroatoms. The van der Waals surface area contributed by atoms with Gasteiger partial charge >= 0.3 is 0 Å². The molecule has 1 N–H and O–H groups in total. The van der Waals surface area contributed by atoms with Gasteiger partial charge in [0.2, 0.25) is 5.91 Å². The third-order valence-electron chi connectivity index (χ3n) is 5.29. The smallest absolute Gasteiger partial charge is 0.237 e. The molecule has 1 aromatic carbocycles. The van der Waals surface area contributed by atoms with Gasteiger partial charge in [-0.2, -0.15) is 0 Å². The van der Waals surface area contributed by atoms with Crippen molar-refractivity contribution < 1.29 is 4.79 Å². The molecule has 1 saturated heterocycles. The molecule has 1 unspecified atom stereocenters. The number of benzene rings is 1. The van der Waals surface area contributed by atoms with Crippen molar-refractivity contribution in [3.05, 3.63) is 35.9 Å². The molecule has 126 valence electrons. The third-order valence-corrected chi connectivity index (χ3v) is 5.29. The van der Waals surface area contributed by atoms with Crippen LogP contribution in [0.2, 0.25) is 0 Å².